The summed E-state index contributed by atoms with van der Waals surface area (Å²) in [5, 5.41) is 8.96. The lowest BCUT2D eigenvalue weighted by atomic mass is 10.0. The van der Waals surface area contributed by atoms with Crippen molar-refractivity contribution >= 4 is 45.5 Å². The molecule has 8 heterocycles. The maximum absolute atomic E-state index is 15.1. The molecular formula is C42H43F2N11O4. The minimum atomic E-state index is -0.652. The second-order valence-electron chi connectivity index (χ2n) is 16.0. The molecule has 8 bridgehead atoms. The van der Waals surface area contributed by atoms with Crippen molar-refractivity contribution in [3.8, 4) is 22.7 Å². The molecule has 0 saturated carbocycles. The first-order chi connectivity index (χ1) is 28.6. The Morgan fingerprint density at radius 2 is 1.85 bits per heavy atom. The smallest absolute Gasteiger partial charge is 0.245 e. The maximum atomic E-state index is 15.1. The fourth-order valence-corrected chi connectivity index (χ4v) is 9.20. The van der Waals surface area contributed by atoms with E-state index in [1.165, 1.54) is 24.3 Å². The first kappa shape index (κ1) is 37.1. The number of nitrogens with zero attached hydrogens (tertiary/aromatic N) is 10. The summed E-state index contributed by atoms with van der Waals surface area (Å²) in [5.41, 5.74) is 3.39. The van der Waals surface area contributed by atoms with E-state index in [1.807, 2.05) is 39.5 Å². The lowest BCUT2D eigenvalue weighted by Gasteiger charge is -2.31. The van der Waals surface area contributed by atoms with Crippen molar-refractivity contribution in [1.82, 2.24) is 44.1 Å². The average molecular weight is 804 g/mol. The molecule has 2 saturated heterocycles. The van der Waals surface area contributed by atoms with Gasteiger partial charge in [0.05, 0.1) is 54.0 Å². The number of rotatable bonds is 2. The van der Waals surface area contributed by atoms with Gasteiger partial charge in [-0.1, -0.05) is 6.07 Å². The van der Waals surface area contributed by atoms with E-state index in [0.717, 1.165) is 11.9 Å². The van der Waals surface area contributed by atoms with Crippen molar-refractivity contribution in [1.29, 1.82) is 0 Å². The normalized spacial score (nSPS) is 22.3. The third-order valence-electron chi connectivity index (χ3n) is 12.1. The van der Waals surface area contributed by atoms with Gasteiger partial charge in [-0.2, -0.15) is 5.10 Å². The van der Waals surface area contributed by atoms with E-state index in [2.05, 4.69) is 5.32 Å². The average Bonchev–Trinajstić information content (AvgIpc) is 4.02. The molecule has 1 N–H and O–H groups in total. The number of carbonyl (C=O) groups excluding carboxylic acids is 2. The number of imidazole rings is 1. The lowest BCUT2D eigenvalue weighted by Crippen LogP contribution is -2.47. The zero-order valence-corrected chi connectivity index (χ0v) is 32.9. The Hall–Kier alpha value is -6.23. The number of hydrogen-bond acceptors (Lipinski definition) is 11. The fraction of sp³-hybridized carbons (Fsp3) is 0.405. The van der Waals surface area contributed by atoms with E-state index in [-0.39, 0.29) is 49.1 Å². The summed E-state index contributed by atoms with van der Waals surface area (Å²) in [6.07, 6.45) is 3.14. The van der Waals surface area contributed by atoms with E-state index >= 15 is 4.39 Å². The molecule has 2 fully saturated rings. The second kappa shape index (κ2) is 14.5. The van der Waals surface area contributed by atoms with Gasteiger partial charge in [0.15, 0.2) is 5.65 Å². The van der Waals surface area contributed by atoms with Gasteiger partial charge < -0.3 is 34.1 Å². The number of methoxy groups -OCH3 is 1. The number of aryl methyl sites for hydroxylation is 1. The standard InChI is InChI=1S/C42H43F2N11O4/c1-23-46-32-15-26(44)14-29-31-5-4-6-36(48-31)47-27-17-34(42(57)51(2)21-28(58-3)22-53(23)39(29)32)54(20-27)40-30-18-45-55-33-8-7-25(43)16-35(33)59-12-10-38(56)52-11-9-24(19-52)13-37(49-40)50-41(30)55/h4-8,14-16,18,24,27-28,34H,9-13,17,19-22H2,1-3H3,(H,47,48)/t24-,27+,28+,34+/m1/s1. The fourth-order valence-electron chi connectivity index (χ4n) is 9.20. The van der Waals surface area contributed by atoms with Crippen LogP contribution in [-0.4, -0.2) is 121 Å². The number of benzene rings is 2. The molecule has 17 heteroatoms. The molecule has 10 rings (SSSR count). The number of carbonyl (C=O) groups is 2. The van der Waals surface area contributed by atoms with Gasteiger partial charge in [-0.05, 0) is 56.0 Å². The van der Waals surface area contributed by atoms with Crippen LogP contribution >= 0.6 is 0 Å². The van der Waals surface area contributed by atoms with Crippen molar-refractivity contribution in [2.24, 2.45) is 5.92 Å². The minimum Gasteiger partial charge on any atom is -0.491 e. The van der Waals surface area contributed by atoms with Crippen LogP contribution in [0.4, 0.5) is 20.4 Å². The van der Waals surface area contributed by atoms with Crippen molar-refractivity contribution in [2.45, 2.75) is 57.3 Å². The number of hydrogen-bond donors (Lipinski definition) is 1. The number of pyridine rings is 1. The van der Waals surface area contributed by atoms with Gasteiger partial charge in [0.2, 0.25) is 11.8 Å². The van der Waals surface area contributed by atoms with Gasteiger partial charge in [0.1, 0.15) is 52.4 Å². The summed E-state index contributed by atoms with van der Waals surface area (Å²) in [5.74, 6) is 1.67. The molecule has 0 aliphatic carbocycles. The zero-order chi connectivity index (χ0) is 40.5. The first-order valence-electron chi connectivity index (χ1n) is 20.0. The highest BCUT2D eigenvalue weighted by atomic mass is 19.1. The van der Waals surface area contributed by atoms with E-state index < -0.39 is 23.8 Å². The molecule has 0 spiro atoms. The van der Waals surface area contributed by atoms with Gasteiger partial charge in [0.25, 0.3) is 0 Å². The van der Waals surface area contributed by atoms with E-state index in [4.69, 9.17) is 34.5 Å². The predicted octanol–water partition coefficient (Wildman–Crippen LogP) is 4.53. The maximum Gasteiger partial charge on any atom is 0.245 e. The quantitative estimate of drug-likeness (QED) is 0.263. The number of halogens is 2. The molecule has 4 aromatic heterocycles. The summed E-state index contributed by atoms with van der Waals surface area (Å²) in [6.45, 7) is 4.15. The van der Waals surface area contributed by atoms with Gasteiger partial charge >= 0.3 is 0 Å². The Morgan fingerprint density at radius 3 is 2.71 bits per heavy atom. The summed E-state index contributed by atoms with van der Waals surface area (Å²) in [4.78, 5) is 53.5. The number of amides is 2. The molecular weight excluding hydrogens is 761 g/mol. The summed E-state index contributed by atoms with van der Waals surface area (Å²) in [6, 6.07) is 11.8. The van der Waals surface area contributed by atoms with Crippen LogP contribution in [0.15, 0.2) is 54.7 Å². The van der Waals surface area contributed by atoms with Crippen LogP contribution in [-0.2, 0) is 27.3 Å². The highest BCUT2D eigenvalue weighted by molar-refractivity contribution is 5.94. The summed E-state index contributed by atoms with van der Waals surface area (Å²) >= 11 is 0. The van der Waals surface area contributed by atoms with Gasteiger partial charge in [-0.15, -0.1) is 0 Å². The van der Waals surface area contributed by atoms with Gasteiger partial charge in [-0.3, -0.25) is 9.59 Å². The van der Waals surface area contributed by atoms with Crippen LogP contribution in [0.25, 0.3) is 39.0 Å². The molecule has 15 nitrogen and oxygen atoms in total. The molecule has 304 valence electrons. The van der Waals surface area contributed by atoms with E-state index in [0.29, 0.717) is 95.8 Å². The highest BCUT2D eigenvalue weighted by Crippen LogP contribution is 2.37. The molecule has 2 amide bonds. The highest BCUT2D eigenvalue weighted by Gasteiger charge is 2.41. The molecule has 0 radical (unpaired) electrons. The Kier molecular flexibility index (Phi) is 9.14. The first-order valence-corrected chi connectivity index (χ1v) is 20.0. The molecule has 4 aliphatic heterocycles. The molecule has 4 atom stereocenters. The largest absolute Gasteiger partial charge is 0.491 e. The van der Waals surface area contributed by atoms with Gasteiger partial charge in [-0.25, -0.2) is 33.4 Å². The minimum absolute atomic E-state index is 0.0213. The van der Waals surface area contributed by atoms with Gasteiger partial charge in [0, 0.05) is 70.5 Å². The number of ether oxygens (including phenoxy) is 2. The number of likely N-dealkylation sites (N-methyl/N-ethyl adjacent to an activating group) is 1. The second-order valence-corrected chi connectivity index (χ2v) is 16.0. The number of nitrogens with one attached hydrogen (secondary N) is 1. The van der Waals surface area contributed by atoms with Crippen LogP contribution in [0.5, 0.6) is 5.75 Å². The Morgan fingerprint density at radius 1 is 0.966 bits per heavy atom. The third-order valence-corrected chi connectivity index (χ3v) is 12.1. The summed E-state index contributed by atoms with van der Waals surface area (Å²) in [7, 11) is 3.40. The lowest BCUT2D eigenvalue weighted by molar-refractivity contribution is -0.133. The molecule has 6 aromatic rings. The van der Waals surface area contributed by atoms with Crippen LogP contribution < -0.4 is 15.0 Å². The Labute approximate surface area is 337 Å². The van der Waals surface area contributed by atoms with Crippen molar-refractivity contribution in [3.05, 3.63) is 78.0 Å². The van der Waals surface area contributed by atoms with Crippen LogP contribution in [0.3, 0.4) is 0 Å². The third kappa shape index (κ3) is 6.66. The van der Waals surface area contributed by atoms with Crippen LogP contribution in [0, 0.1) is 24.5 Å². The SMILES string of the molecule is CO[C@H]1CN(C)C(=O)[C@@H]2C[C@@H](CN2c2nc3nc4c2cnn4-c2ccc(F)cc2OCCC(=O)N2CC[C@H](C3)C2)Nc2cccc(n2)-c2cc(F)cc3nc(C)n(c23)C1. The number of fused-ring (bicyclic) bond motifs is 10. The molecule has 2 aromatic carbocycles. The molecule has 59 heavy (non-hydrogen) atoms. The van der Waals surface area contributed by atoms with E-state index in [1.54, 1.807) is 36.0 Å². The topological polar surface area (TPSA) is 149 Å². The Balaban J connectivity index is 1.10. The molecule has 0 unspecified atom stereocenters. The number of aromatic nitrogens is 7. The van der Waals surface area contributed by atoms with Crippen LogP contribution in [0.2, 0.25) is 0 Å². The molecule has 4 aliphatic rings. The van der Waals surface area contributed by atoms with Crippen molar-refractivity contribution in [2.75, 3.05) is 57.2 Å². The van der Waals surface area contributed by atoms with Crippen molar-refractivity contribution in [3.63, 3.8) is 0 Å². The van der Waals surface area contributed by atoms with Crippen molar-refractivity contribution < 1.29 is 27.8 Å². The zero-order valence-electron chi connectivity index (χ0n) is 32.9. The van der Waals surface area contributed by atoms with E-state index in [9.17, 15) is 14.0 Å². The monoisotopic (exact) mass is 803 g/mol. The Bertz CT molecular complexity index is 2650. The van der Waals surface area contributed by atoms with Crippen LogP contribution in [0.1, 0.15) is 30.9 Å². The predicted molar refractivity (Wildman–Crippen MR) is 214 cm³/mol. The number of anilines is 2. The summed E-state index contributed by atoms with van der Waals surface area (Å²) < 4.78 is 45.5.